The van der Waals surface area contributed by atoms with E-state index in [1.54, 1.807) is 12.1 Å². The number of unbranched alkanes of at least 4 members (excludes halogenated alkanes) is 3. The normalized spacial score (nSPS) is 11.4. The fourth-order valence-electron chi connectivity index (χ4n) is 5.21. The van der Waals surface area contributed by atoms with E-state index in [4.69, 9.17) is 14.7 Å². The maximum atomic E-state index is 16.2. The molecule has 6 aromatic rings. The number of nitrogens with zero attached hydrogens (tertiary/aromatic N) is 2. The zero-order chi connectivity index (χ0) is 30.8. The maximum absolute atomic E-state index is 16.2. The first-order valence-electron chi connectivity index (χ1n) is 14.4. The van der Waals surface area contributed by atoms with Crippen LogP contribution in [0.1, 0.15) is 38.2 Å². The first kappa shape index (κ1) is 31.0. The van der Waals surface area contributed by atoms with Gasteiger partial charge in [-0.15, -0.1) is 22.7 Å². The first-order chi connectivity index (χ1) is 21.3. The zero-order valence-corrected chi connectivity index (χ0v) is 28.9. The minimum Gasteiger partial charge on any atom is -0.494 e. The summed E-state index contributed by atoms with van der Waals surface area (Å²) in [5.74, 6) is -1.16. The monoisotopic (exact) mass is 752 g/mol. The van der Waals surface area contributed by atoms with Crippen LogP contribution in [0.25, 0.3) is 54.4 Å². The molecule has 0 radical (unpaired) electrons. The van der Waals surface area contributed by atoms with Gasteiger partial charge >= 0.3 is 0 Å². The van der Waals surface area contributed by atoms with Gasteiger partial charge < -0.3 is 4.74 Å². The second kappa shape index (κ2) is 13.6. The summed E-state index contributed by atoms with van der Waals surface area (Å²) in [7, 11) is 0. The van der Waals surface area contributed by atoms with Gasteiger partial charge in [-0.2, -0.15) is 0 Å². The highest BCUT2D eigenvalue weighted by atomic mass is 79.9. The van der Waals surface area contributed by atoms with E-state index in [9.17, 15) is 0 Å². The van der Waals surface area contributed by atoms with Crippen LogP contribution in [0.15, 0.2) is 80.4 Å². The molecule has 3 nitrogen and oxygen atoms in total. The molecule has 224 valence electrons. The molecular weight excluding hydrogens is 726 g/mol. The van der Waals surface area contributed by atoms with Crippen LogP contribution in [0.5, 0.6) is 5.75 Å². The third-order valence-electron chi connectivity index (χ3n) is 7.31. The van der Waals surface area contributed by atoms with Crippen LogP contribution >= 0.6 is 54.5 Å². The highest BCUT2D eigenvalue weighted by Gasteiger charge is 2.28. The van der Waals surface area contributed by atoms with Crippen LogP contribution in [0.3, 0.4) is 0 Å². The molecule has 3 aromatic carbocycles. The number of fused-ring (bicyclic) bond motifs is 1. The van der Waals surface area contributed by atoms with E-state index in [-0.39, 0.29) is 11.1 Å². The van der Waals surface area contributed by atoms with Crippen LogP contribution in [-0.2, 0) is 0 Å². The first-order valence-corrected chi connectivity index (χ1v) is 17.6. The molecule has 6 rings (SSSR count). The Kier molecular flexibility index (Phi) is 9.56. The van der Waals surface area contributed by atoms with E-state index in [1.165, 1.54) is 29.1 Å². The summed E-state index contributed by atoms with van der Waals surface area (Å²) >= 11 is 9.61. The standard InChI is InChI=1S/C35H28Br2F2N2OS2/c1-3-4-5-6-17-42-23-12-8-11-22(19-23)33-32(21-10-7-9-20(2)18-21)40-34-28(24-13-15-26(36)43-24)30(38)31(39)29(35(34)41-33)25-14-16-27(37)44-25/h7-16,18-19H,3-6,17H2,1-2H3. The molecular formula is C35H28Br2F2N2OS2. The Morgan fingerprint density at radius 2 is 1.27 bits per heavy atom. The average molecular weight is 755 g/mol. The van der Waals surface area contributed by atoms with Gasteiger partial charge in [0, 0.05) is 20.9 Å². The Labute approximate surface area is 280 Å². The summed E-state index contributed by atoms with van der Waals surface area (Å²) < 4.78 is 40.1. The summed E-state index contributed by atoms with van der Waals surface area (Å²) in [6, 6.07) is 23.0. The van der Waals surface area contributed by atoms with E-state index in [0.29, 0.717) is 38.8 Å². The lowest BCUT2D eigenvalue weighted by Gasteiger charge is -2.17. The number of hydrogen-bond donors (Lipinski definition) is 0. The predicted molar refractivity (Wildman–Crippen MR) is 187 cm³/mol. The van der Waals surface area contributed by atoms with Crippen molar-refractivity contribution in [3.63, 3.8) is 0 Å². The molecule has 0 spiro atoms. The minimum atomic E-state index is -0.945. The van der Waals surface area contributed by atoms with E-state index < -0.39 is 11.6 Å². The molecule has 0 N–H and O–H groups in total. The molecule has 0 amide bonds. The van der Waals surface area contributed by atoms with Crippen molar-refractivity contribution in [2.75, 3.05) is 6.61 Å². The number of ether oxygens (including phenoxy) is 1. The van der Waals surface area contributed by atoms with Crippen molar-refractivity contribution in [3.05, 3.63) is 97.6 Å². The quantitative estimate of drug-likeness (QED) is 0.131. The summed E-state index contributed by atoms with van der Waals surface area (Å²) in [5, 5.41) is 0. The van der Waals surface area contributed by atoms with Gasteiger partial charge in [-0.25, -0.2) is 18.7 Å². The van der Waals surface area contributed by atoms with Crippen LogP contribution in [-0.4, -0.2) is 16.6 Å². The highest BCUT2D eigenvalue weighted by Crippen LogP contribution is 2.46. The number of thiophene rings is 2. The lowest BCUT2D eigenvalue weighted by Crippen LogP contribution is -2.03. The van der Waals surface area contributed by atoms with Gasteiger partial charge in [0.1, 0.15) is 16.8 Å². The summed E-state index contributed by atoms with van der Waals surface area (Å²) in [4.78, 5) is 11.4. The molecule has 3 aromatic heterocycles. The molecule has 0 aliphatic rings. The summed E-state index contributed by atoms with van der Waals surface area (Å²) in [6.07, 6.45) is 4.45. The second-order valence-corrected chi connectivity index (χ2v) is 15.4. The highest BCUT2D eigenvalue weighted by molar-refractivity contribution is 9.11. The third-order valence-corrected chi connectivity index (χ3v) is 10.6. The molecule has 0 bridgehead atoms. The average Bonchev–Trinajstić information content (AvgIpc) is 3.65. The molecule has 0 saturated carbocycles. The Bertz CT molecular complexity index is 1970. The number of aryl methyl sites for hydroxylation is 1. The third kappa shape index (κ3) is 6.38. The van der Waals surface area contributed by atoms with Crippen LogP contribution in [0.2, 0.25) is 0 Å². The zero-order valence-electron chi connectivity index (χ0n) is 24.1. The van der Waals surface area contributed by atoms with Crippen molar-refractivity contribution in [2.45, 2.75) is 39.5 Å². The van der Waals surface area contributed by atoms with Gasteiger partial charge in [-0.3, -0.25) is 0 Å². The molecule has 0 unspecified atom stereocenters. The van der Waals surface area contributed by atoms with E-state index in [0.717, 1.165) is 49.3 Å². The van der Waals surface area contributed by atoms with Crippen LogP contribution in [0.4, 0.5) is 8.78 Å². The smallest absolute Gasteiger partial charge is 0.170 e. The van der Waals surface area contributed by atoms with Crippen molar-refractivity contribution >= 4 is 65.6 Å². The molecule has 44 heavy (non-hydrogen) atoms. The van der Waals surface area contributed by atoms with Gasteiger partial charge in [-0.05, 0) is 87.7 Å². The Hall–Kier alpha value is -2.98. The lowest BCUT2D eigenvalue weighted by atomic mass is 9.99. The molecule has 0 fully saturated rings. The maximum Gasteiger partial charge on any atom is 0.170 e. The summed E-state index contributed by atoms with van der Waals surface area (Å²) in [5.41, 5.74) is 4.63. The van der Waals surface area contributed by atoms with Crippen molar-refractivity contribution in [3.8, 4) is 49.1 Å². The topological polar surface area (TPSA) is 35.0 Å². The van der Waals surface area contributed by atoms with Crippen molar-refractivity contribution < 1.29 is 13.5 Å². The SMILES string of the molecule is CCCCCCOc1cccc(-c2nc3c(-c4ccc(Br)s4)c(F)c(F)c(-c4ccc(Br)s4)c3nc2-c2cccc(C)c2)c1. The largest absolute Gasteiger partial charge is 0.494 e. The van der Waals surface area contributed by atoms with Gasteiger partial charge in [0.2, 0.25) is 0 Å². The van der Waals surface area contributed by atoms with E-state index in [2.05, 4.69) is 38.8 Å². The van der Waals surface area contributed by atoms with E-state index >= 15 is 8.78 Å². The summed E-state index contributed by atoms with van der Waals surface area (Å²) in [6.45, 7) is 4.83. The lowest BCUT2D eigenvalue weighted by molar-refractivity contribution is 0.305. The number of rotatable bonds is 10. The minimum absolute atomic E-state index is 0.0976. The predicted octanol–water partition coefficient (Wildman–Crippen LogP) is 12.5. The number of hydrogen-bond acceptors (Lipinski definition) is 5. The number of aromatic nitrogens is 2. The molecule has 3 heterocycles. The van der Waals surface area contributed by atoms with Gasteiger partial charge in [0.25, 0.3) is 0 Å². The van der Waals surface area contributed by atoms with Crippen molar-refractivity contribution in [1.82, 2.24) is 9.97 Å². The Morgan fingerprint density at radius 3 is 1.80 bits per heavy atom. The number of benzene rings is 3. The molecule has 9 heteroatoms. The molecule has 0 saturated heterocycles. The number of halogens is 4. The molecule has 0 aliphatic heterocycles. The van der Waals surface area contributed by atoms with E-state index in [1.807, 2.05) is 67.6 Å². The van der Waals surface area contributed by atoms with Gasteiger partial charge in [0.15, 0.2) is 11.6 Å². The Morgan fingerprint density at radius 1 is 0.705 bits per heavy atom. The fraction of sp³-hybridized carbons (Fsp3) is 0.200. The molecule has 0 atom stereocenters. The fourth-order valence-corrected chi connectivity index (χ4v) is 8.06. The second-order valence-electron chi connectivity index (χ2n) is 10.5. The molecule has 0 aliphatic carbocycles. The van der Waals surface area contributed by atoms with Crippen LogP contribution < -0.4 is 4.74 Å². The van der Waals surface area contributed by atoms with Crippen molar-refractivity contribution in [1.29, 1.82) is 0 Å². The van der Waals surface area contributed by atoms with Gasteiger partial charge in [-0.1, -0.05) is 62.1 Å². The van der Waals surface area contributed by atoms with Gasteiger partial charge in [0.05, 0.1) is 36.7 Å². The Balaban J connectivity index is 1.63. The van der Waals surface area contributed by atoms with Crippen LogP contribution in [0, 0.1) is 18.6 Å². The van der Waals surface area contributed by atoms with Crippen molar-refractivity contribution in [2.24, 2.45) is 0 Å².